The van der Waals surface area contributed by atoms with Gasteiger partial charge in [0.15, 0.2) is 6.10 Å². The molecule has 2 N–H and O–H groups in total. The second kappa shape index (κ2) is 6.82. The van der Waals surface area contributed by atoms with Gasteiger partial charge in [0.2, 0.25) is 0 Å². The van der Waals surface area contributed by atoms with Crippen LogP contribution in [0.25, 0.3) is 0 Å². The standard InChI is InChI=1S/C8H6ClNO.C2H4O2/c9-7-4-2-1-3-6(7)8(11)5-10;1-2(3)4/h1-4,8,11H;1H3,(H,3,4)/t8-;/m0./s1. The van der Waals surface area contributed by atoms with Gasteiger partial charge in [-0.15, -0.1) is 0 Å². The summed E-state index contributed by atoms with van der Waals surface area (Å²) >= 11 is 5.69. The number of hydrogen-bond donors (Lipinski definition) is 2. The lowest BCUT2D eigenvalue weighted by Gasteiger charge is -2.02. The molecule has 0 bridgehead atoms. The SMILES string of the molecule is CC(=O)O.N#C[C@H](O)c1ccccc1Cl. The van der Waals surface area contributed by atoms with Gasteiger partial charge in [-0.3, -0.25) is 4.79 Å². The summed E-state index contributed by atoms with van der Waals surface area (Å²) in [4.78, 5) is 9.00. The monoisotopic (exact) mass is 227 g/mol. The summed E-state index contributed by atoms with van der Waals surface area (Å²) in [5, 5.41) is 25.3. The van der Waals surface area contributed by atoms with E-state index in [1.54, 1.807) is 30.3 Å². The van der Waals surface area contributed by atoms with Gasteiger partial charge in [0, 0.05) is 17.5 Å². The molecule has 80 valence electrons. The quantitative estimate of drug-likeness (QED) is 0.719. The van der Waals surface area contributed by atoms with Crippen molar-refractivity contribution >= 4 is 17.6 Å². The minimum absolute atomic E-state index is 0.418. The second-order valence-electron chi connectivity index (χ2n) is 2.57. The van der Waals surface area contributed by atoms with Crippen LogP contribution >= 0.6 is 11.6 Å². The fourth-order valence-electron chi connectivity index (χ4n) is 0.766. The molecule has 0 aliphatic rings. The Morgan fingerprint density at radius 1 is 1.53 bits per heavy atom. The lowest BCUT2D eigenvalue weighted by molar-refractivity contribution is -0.134. The third-order valence-corrected chi connectivity index (χ3v) is 1.67. The number of benzene rings is 1. The van der Waals surface area contributed by atoms with Gasteiger partial charge in [0.05, 0.1) is 6.07 Å². The Morgan fingerprint density at radius 2 is 2.00 bits per heavy atom. The Labute approximate surface area is 92.3 Å². The summed E-state index contributed by atoms with van der Waals surface area (Å²) in [6.07, 6.45) is -1.12. The van der Waals surface area contributed by atoms with Crippen LogP contribution in [0.15, 0.2) is 24.3 Å². The molecule has 5 heteroatoms. The topological polar surface area (TPSA) is 81.3 Å². The average Bonchev–Trinajstić information content (AvgIpc) is 2.16. The van der Waals surface area contributed by atoms with Gasteiger partial charge in [-0.1, -0.05) is 29.8 Å². The number of hydrogen-bond acceptors (Lipinski definition) is 3. The molecule has 15 heavy (non-hydrogen) atoms. The minimum atomic E-state index is -1.12. The molecule has 0 aromatic heterocycles. The van der Waals surface area contributed by atoms with Gasteiger partial charge in [0.1, 0.15) is 0 Å². The molecule has 1 aromatic rings. The fourth-order valence-corrected chi connectivity index (χ4v) is 1.01. The van der Waals surface area contributed by atoms with Crippen molar-refractivity contribution < 1.29 is 15.0 Å². The van der Waals surface area contributed by atoms with E-state index in [9.17, 15) is 0 Å². The molecule has 0 aliphatic heterocycles. The molecule has 0 saturated heterocycles. The van der Waals surface area contributed by atoms with Crippen LogP contribution in [-0.2, 0) is 4.79 Å². The summed E-state index contributed by atoms with van der Waals surface area (Å²) < 4.78 is 0. The van der Waals surface area contributed by atoms with Crippen molar-refractivity contribution in [2.24, 2.45) is 0 Å². The number of aliphatic carboxylic acids is 1. The molecule has 0 radical (unpaired) electrons. The highest BCUT2D eigenvalue weighted by molar-refractivity contribution is 6.31. The predicted molar refractivity (Wildman–Crippen MR) is 55.3 cm³/mol. The molecule has 1 rings (SSSR count). The van der Waals surface area contributed by atoms with Crippen molar-refractivity contribution in [3.05, 3.63) is 34.9 Å². The Morgan fingerprint density at radius 3 is 2.40 bits per heavy atom. The highest BCUT2D eigenvalue weighted by atomic mass is 35.5. The Kier molecular flexibility index (Phi) is 6.11. The first-order chi connectivity index (χ1) is 6.99. The van der Waals surface area contributed by atoms with Crippen LogP contribution in [0.4, 0.5) is 0 Å². The molecule has 1 atom stereocenters. The average molecular weight is 228 g/mol. The van der Waals surface area contributed by atoms with Crippen molar-refractivity contribution in [2.75, 3.05) is 0 Å². The van der Waals surface area contributed by atoms with E-state index in [-0.39, 0.29) is 0 Å². The van der Waals surface area contributed by atoms with Crippen molar-refractivity contribution in [1.29, 1.82) is 5.26 Å². The van der Waals surface area contributed by atoms with Crippen LogP contribution in [0, 0.1) is 11.3 Å². The van der Waals surface area contributed by atoms with E-state index in [4.69, 9.17) is 31.9 Å². The van der Waals surface area contributed by atoms with E-state index in [0.29, 0.717) is 10.6 Å². The molecule has 1 aromatic carbocycles. The lowest BCUT2D eigenvalue weighted by Crippen LogP contribution is -1.93. The maximum Gasteiger partial charge on any atom is 0.300 e. The number of carboxylic acid groups (broad SMARTS) is 1. The first-order valence-electron chi connectivity index (χ1n) is 4.00. The van der Waals surface area contributed by atoms with E-state index in [1.165, 1.54) is 0 Å². The smallest absolute Gasteiger partial charge is 0.300 e. The van der Waals surface area contributed by atoms with Crippen LogP contribution in [0.1, 0.15) is 18.6 Å². The van der Waals surface area contributed by atoms with Gasteiger partial charge >= 0.3 is 0 Å². The number of carboxylic acids is 1. The number of halogens is 1. The minimum Gasteiger partial charge on any atom is -0.481 e. The van der Waals surface area contributed by atoms with Gasteiger partial charge in [0.25, 0.3) is 5.97 Å². The van der Waals surface area contributed by atoms with Gasteiger partial charge < -0.3 is 10.2 Å². The maximum absolute atomic E-state index is 9.06. The zero-order valence-corrected chi connectivity index (χ0v) is 8.77. The summed E-state index contributed by atoms with van der Waals surface area (Å²) in [5.74, 6) is -0.833. The van der Waals surface area contributed by atoms with E-state index in [0.717, 1.165) is 6.92 Å². The molecule has 0 unspecified atom stereocenters. The Hall–Kier alpha value is -1.57. The summed E-state index contributed by atoms with van der Waals surface area (Å²) in [6.45, 7) is 1.08. The summed E-state index contributed by atoms with van der Waals surface area (Å²) in [5.41, 5.74) is 0.455. The number of nitrogens with zero attached hydrogens (tertiary/aromatic N) is 1. The van der Waals surface area contributed by atoms with Crippen LogP contribution in [0.5, 0.6) is 0 Å². The molecular weight excluding hydrogens is 218 g/mol. The molecule has 0 amide bonds. The number of carbonyl (C=O) groups is 1. The van der Waals surface area contributed by atoms with Crippen LogP contribution in [0.3, 0.4) is 0 Å². The van der Waals surface area contributed by atoms with Crippen molar-refractivity contribution in [2.45, 2.75) is 13.0 Å². The first kappa shape index (κ1) is 13.4. The third kappa shape index (κ3) is 5.68. The van der Waals surface area contributed by atoms with Crippen LogP contribution in [-0.4, -0.2) is 16.2 Å². The van der Waals surface area contributed by atoms with Crippen molar-refractivity contribution in [3.8, 4) is 6.07 Å². The third-order valence-electron chi connectivity index (χ3n) is 1.32. The van der Waals surface area contributed by atoms with E-state index in [2.05, 4.69) is 0 Å². The maximum atomic E-state index is 9.06. The molecule has 4 nitrogen and oxygen atoms in total. The normalized spacial score (nSPS) is 10.5. The number of rotatable bonds is 1. The van der Waals surface area contributed by atoms with Crippen molar-refractivity contribution in [3.63, 3.8) is 0 Å². The zero-order valence-electron chi connectivity index (χ0n) is 8.01. The van der Waals surface area contributed by atoms with Gasteiger partial charge in [-0.25, -0.2) is 0 Å². The zero-order chi connectivity index (χ0) is 11.8. The fraction of sp³-hybridized carbons (Fsp3) is 0.200. The molecule has 0 heterocycles. The van der Waals surface area contributed by atoms with E-state index in [1.807, 2.05) is 0 Å². The highest BCUT2D eigenvalue weighted by Gasteiger charge is 2.07. The van der Waals surface area contributed by atoms with E-state index < -0.39 is 12.1 Å². The number of aliphatic hydroxyl groups excluding tert-OH is 1. The molecule has 0 aliphatic carbocycles. The Bertz CT molecular complexity index is 369. The van der Waals surface area contributed by atoms with Gasteiger partial charge in [-0.2, -0.15) is 5.26 Å². The second-order valence-corrected chi connectivity index (χ2v) is 2.98. The lowest BCUT2D eigenvalue weighted by atomic mass is 10.1. The van der Waals surface area contributed by atoms with E-state index >= 15 is 0 Å². The molecule has 0 fully saturated rings. The van der Waals surface area contributed by atoms with Gasteiger partial charge in [-0.05, 0) is 6.07 Å². The Balaban J connectivity index is 0.000000423. The number of nitriles is 1. The van der Waals surface area contributed by atoms with Crippen molar-refractivity contribution in [1.82, 2.24) is 0 Å². The molecular formula is C10H10ClNO3. The highest BCUT2D eigenvalue weighted by Crippen LogP contribution is 2.21. The number of aliphatic hydroxyl groups is 1. The molecule has 0 spiro atoms. The molecule has 0 saturated carbocycles. The largest absolute Gasteiger partial charge is 0.481 e. The first-order valence-corrected chi connectivity index (χ1v) is 4.38. The summed E-state index contributed by atoms with van der Waals surface area (Å²) in [7, 11) is 0. The van der Waals surface area contributed by atoms with Crippen LogP contribution in [0.2, 0.25) is 5.02 Å². The summed E-state index contributed by atoms with van der Waals surface area (Å²) in [6, 6.07) is 8.42. The van der Waals surface area contributed by atoms with Crippen LogP contribution < -0.4 is 0 Å². The predicted octanol–water partition coefficient (Wildman–Crippen LogP) is 1.99.